The number of benzene rings is 1. The Morgan fingerprint density at radius 3 is 2.47 bits per heavy atom. The Labute approximate surface area is 123 Å². The molecule has 2 aromatic rings. The number of aromatic nitrogens is 3. The summed E-state index contributed by atoms with van der Waals surface area (Å²) in [4.78, 5) is 11.9. The second-order valence-corrected chi connectivity index (χ2v) is 4.60. The van der Waals surface area contributed by atoms with E-state index in [1.165, 1.54) is 0 Å². The number of nitrogen functional groups attached to an aromatic ring is 1. The molecule has 0 spiro atoms. The highest BCUT2D eigenvalue weighted by atomic mass is 127. The molecule has 1 heterocycles. The summed E-state index contributed by atoms with van der Waals surface area (Å²) in [6.45, 7) is 2.27. The number of hydrogen-bond donors (Lipinski definition) is 2. The van der Waals surface area contributed by atoms with Crippen molar-refractivity contribution in [1.82, 2.24) is 15.0 Å². The number of anilines is 1. The van der Waals surface area contributed by atoms with Gasteiger partial charge in [0.1, 0.15) is 5.75 Å². The first kappa shape index (κ1) is 13.7. The third kappa shape index (κ3) is 3.89. The number of halogens is 1. The lowest BCUT2D eigenvalue weighted by Crippen LogP contribution is -2.12. The number of hydrogen-bond acceptors (Lipinski definition) is 7. The molecule has 0 aliphatic carbocycles. The molecule has 8 heteroatoms. The van der Waals surface area contributed by atoms with E-state index in [9.17, 15) is 0 Å². The molecule has 0 saturated carbocycles. The first-order valence-electron chi connectivity index (χ1n) is 5.50. The molecule has 0 aliphatic heterocycles. The van der Waals surface area contributed by atoms with E-state index in [0.29, 0.717) is 12.4 Å². The number of nitrogens with one attached hydrogen (secondary N) is 1. The van der Waals surface area contributed by atoms with Crippen LogP contribution in [-0.4, -0.2) is 21.6 Å². The van der Waals surface area contributed by atoms with Gasteiger partial charge in [-0.2, -0.15) is 9.97 Å². The predicted octanol–water partition coefficient (Wildman–Crippen LogP) is 1.95. The van der Waals surface area contributed by atoms with Gasteiger partial charge in [-0.1, -0.05) is 0 Å². The summed E-state index contributed by atoms with van der Waals surface area (Å²) in [6, 6.07) is 7.76. The van der Waals surface area contributed by atoms with Gasteiger partial charge in [0.25, 0.3) is 0 Å². The second kappa shape index (κ2) is 6.48. The highest BCUT2D eigenvalue weighted by Crippen LogP contribution is 2.21. The second-order valence-electron chi connectivity index (χ2n) is 3.36. The zero-order valence-electron chi connectivity index (χ0n) is 10.1. The largest absolute Gasteiger partial charge is 0.464 e. The van der Waals surface area contributed by atoms with Crippen LogP contribution in [0.3, 0.4) is 0 Å². The molecule has 7 nitrogen and oxygen atoms in total. The van der Waals surface area contributed by atoms with Crippen molar-refractivity contribution < 1.29 is 9.47 Å². The van der Waals surface area contributed by atoms with Gasteiger partial charge >= 0.3 is 12.0 Å². The monoisotopic (exact) mass is 373 g/mol. The Morgan fingerprint density at radius 2 is 1.84 bits per heavy atom. The Morgan fingerprint density at radius 1 is 1.16 bits per heavy atom. The standard InChI is InChI=1S/C11H12IN5O2/c1-2-18-10-14-9(17-13)15-11(16-10)19-8-5-3-7(12)4-6-8/h3-6H,2,13H2,1H3,(H,14,15,16,17). The SMILES string of the molecule is CCOc1nc(NN)nc(Oc2ccc(I)cc2)n1. The van der Waals surface area contributed by atoms with E-state index in [4.69, 9.17) is 15.3 Å². The highest BCUT2D eigenvalue weighted by Gasteiger charge is 2.08. The fraction of sp³-hybridized carbons (Fsp3) is 0.182. The molecular weight excluding hydrogens is 361 g/mol. The molecule has 0 amide bonds. The molecule has 100 valence electrons. The van der Waals surface area contributed by atoms with E-state index in [1.807, 2.05) is 31.2 Å². The summed E-state index contributed by atoms with van der Waals surface area (Å²) >= 11 is 2.21. The van der Waals surface area contributed by atoms with Crippen LogP contribution in [0.2, 0.25) is 0 Å². The molecular formula is C11H12IN5O2. The molecule has 1 aromatic carbocycles. The van der Waals surface area contributed by atoms with Crippen molar-refractivity contribution in [3.8, 4) is 17.8 Å². The van der Waals surface area contributed by atoms with E-state index < -0.39 is 0 Å². The zero-order chi connectivity index (χ0) is 13.7. The maximum atomic E-state index is 5.52. The molecule has 3 N–H and O–H groups in total. The summed E-state index contributed by atoms with van der Waals surface area (Å²) in [5, 5.41) is 0. The molecule has 0 fully saturated rings. The van der Waals surface area contributed by atoms with Gasteiger partial charge in [-0.3, -0.25) is 5.43 Å². The van der Waals surface area contributed by atoms with Crippen LogP contribution < -0.4 is 20.7 Å². The van der Waals surface area contributed by atoms with Gasteiger partial charge in [-0.15, -0.1) is 4.98 Å². The first-order chi connectivity index (χ1) is 9.21. The topological polar surface area (TPSA) is 95.2 Å². The van der Waals surface area contributed by atoms with Crippen molar-refractivity contribution in [3.05, 3.63) is 27.8 Å². The van der Waals surface area contributed by atoms with Crippen molar-refractivity contribution in [3.63, 3.8) is 0 Å². The van der Waals surface area contributed by atoms with Gasteiger partial charge < -0.3 is 9.47 Å². The van der Waals surface area contributed by atoms with Crippen LogP contribution in [0.15, 0.2) is 24.3 Å². The van der Waals surface area contributed by atoms with E-state index in [0.717, 1.165) is 3.57 Å². The summed E-state index contributed by atoms with van der Waals surface area (Å²) in [5.41, 5.74) is 2.34. The van der Waals surface area contributed by atoms with Crippen LogP contribution in [-0.2, 0) is 0 Å². The number of hydrazine groups is 1. The highest BCUT2D eigenvalue weighted by molar-refractivity contribution is 14.1. The third-order valence-electron chi connectivity index (χ3n) is 2.02. The number of rotatable bonds is 5. The van der Waals surface area contributed by atoms with Crippen LogP contribution in [0.4, 0.5) is 5.95 Å². The van der Waals surface area contributed by atoms with Gasteiger partial charge in [-0.05, 0) is 53.8 Å². The molecule has 0 radical (unpaired) electrons. The predicted molar refractivity (Wildman–Crippen MR) is 78.0 cm³/mol. The number of nitrogens with two attached hydrogens (primary N) is 1. The summed E-state index contributed by atoms with van der Waals surface area (Å²) in [6.07, 6.45) is 0. The van der Waals surface area contributed by atoms with Gasteiger partial charge in [-0.25, -0.2) is 5.84 Å². The lowest BCUT2D eigenvalue weighted by Gasteiger charge is -2.07. The minimum atomic E-state index is 0.118. The smallest absolute Gasteiger partial charge is 0.330 e. The van der Waals surface area contributed by atoms with Crippen molar-refractivity contribution in [2.45, 2.75) is 6.92 Å². The van der Waals surface area contributed by atoms with Crippen LogP contribution in [0.25, 0.3) is 0 Å². The Balaban J connectivity index is 2.23. The zero-order valence-corrected chi connectivity index (χ0v) is 12.3. The molecule has 0 atom stereocenters. The Hall–Kier alpha value is -1.68. The normalized spacial score (nSPS) is 10.1. The average Bonchev–Trinajstić information content (AvgIpc) is 2.41. The minimum Gasteiger partial charge on any atom is -0.464 e. The van der Waals surface area contributed by atoms with Crippen LogP contribution in [0.1, 0.15) is 6.92 Å². The fourth-order valence-corrected chi connectivity index (χ4v) is 1.61. The molecule has 1 aromatic heterocycles. The Kier molecular flexibility index (Phi) is 4.68. The van der Waals surface area contributed by atoms with Gasteiger partial charge in [0.2, 0.25) is 5.95 Å². The quantitative estimate of drug-likeness (QED) is 0.470. The fourth-order valence-electron chi connectivity index (χ4n) is 1.25. The maximum absolute atomic E-state index is 5.52. The van der Waals surface area contributed by atoms with Gasteiger partial charge in [0.15, 0.2) is 0 Å². The van der Waals surface area contributed by atoms with Crippen LogP contribution in [0.5, 0.6) is 17.8 Å². The summed E-state index contributed by atoms with van der Waals surface area (Å²) in [5.74, 6) is 6.08. The number of nitrogens with zero attached hydrogens (tertiary/aromatic N) is 3. The van der Waals surface area contributed by atoms with E-state index in [1.54, 1.807) is 0 Å². The van der Waals surface area contributed by atoms with Crippen LogP contribution in [0, 0.1) is 3.57 Å². The van der Waals surface area contributed by atoms with E-state index in [-0.39, 0.29) is 18.0 Å². The number of ether oxygens (including phenoxy) is 2. The molecule has 2 rings (SSSR count). The molecule has 0 aliphatic rings. The molecule has 0 saturated heterocycles. The van der Waals surface area contributed by atoms with E-state index in [2.05, 4.69) is 43.0 Å². The first-order valence-corrected chi connectivity index (χ1v) is 6.58. The van der Waals surface area contributed by atoms with Gasteiger partial charge in [0.05, 0.1) is 6.61 Å². The lowest BCUT2D eigenvalue weighted by molar-refractivity contribution is 0.304. The van der Waals surface area contributed by atoms with Crippen molar-refractivity contribution in [1.29, 1.82) is 0 Å². The van der Waals surface area contributed by atoms with Crippen molar-refractivity contribution in [2.75, 3.05) is 12.0 Å². The van der Waals surface area contributed by atoms with E-state index >= 15 is 0 Å². The lowest BCUT2D eigenvalue weighted by atomic mass is 10.3. The molecule has 19 heavy (non-hydrogen) atoms. The molecule has 0 unspecified atom stereocenters. The van der Waals surface area contributed by atoms with Crippen LogP contribution >= 0.6 is 22.6 Å². The third-order valence-corrected chi connectivity index (χ3v) is 2.74. The van der Waals surface area contributed by atoms with Crippen molar-refractivity contribution >= 4 is 28.5 Å². The average molecular weight is 373 g/mol. The Bertz CT molecular complexity index is 549. The summed E-state index contributed by atoms with van der Waals surface area (Å²) < 4.78 is 11.8. The molecule has 0 bridgehead atoms. The van der Waals surface area contributed by atoms with Gasteiger partial charge in [0, 0.05) is 3.57 Å². The minimum absolute atomic E-state index is 0.118. The summed E-state index contributed by atoms with van der Waals surface area (Å²) in [7, 11) is 0. The maximum Gasteiger partial charge on any atom is 0.330 e. The van der Waals surface area contributed by atoms with Crippen molar-refractivity contribution in [2.24, 2.45) is 5.84 Å².